The number of aryl methyl sites for hydroxylation is 1. The van der Waals surface area contributed by atoms with Crippen molar-refractivity contribution in [3.8, 4) is 11.5 Å². The Bertz CT molecular complexity index is 697. The molecule has 2 heterocycles. The number of rotatable bonds is 4. The molecular weight excluding hydrogens is 296 g/mol. The molecule has 2 aromatic rings. The van der Waals surface area contributed by atoms with Gasteiger partial charge in [0.2, 0.25) is 0 Å². The van der Waals surface area contributed by atoms with Gasteiger partial charge in [-0.25, -0.2) is 4.98 Å². The fourth-order valence-electron chi connectivity index (χ4n) is 2.20. The summed E-state index contributed by atoms with van der Waals surface area (Å²) >= 11 is 0. The summed E-state index contributed by atoms with van der Waals surface area (Å²) < 4.78 is 12.9. The minimum atomic E-state index is 0.343. The zero-order valence-electron chi connectivity index (χ0n) is 13.0. The summed E-state index contributed by atoms with van der Waals surface area (Å²) in [5.41, 5.74) is 6.71. The third kappa shape index (κ3) is 4.12. The molecule has 0 aliphatic carbocycles. The van der Waals surface area contributed by atoms with E-state index in [-0.39, 0.29) is 0 Å². The van der Waals surface area contributed by atoms with Crippen molar-refractivity contribution in [2.24, 2.45) is 17.8 Å². The van der Waals surface area contributed by atoms with E-state index in [4.69, 9.17) is 15.2 Å². The molecule has 3 rings (SSSR count). The van der Waals surface area contributed by atoms with Crippen molar-refractivity contribution >= 4 is 11.6 Å². The van der Waals surface area contributed by atoms with Gasteiger partial charge in [0.1, 0.15) is 6.33 Å². The Morgan fingerprint density at radius 1 is 1.35 bits per heavy atom. The molecule has 0 fully saturated rings. The first-order valence-electron chi connectivity index (χ1n) is 7.52. The first-order chi connectivity index (χ1) is 11.2. The number of guanidine groups is 1. The Kier molecular flexibility index (Phi) is 4.60. The molecule has 122 valence electrons. The van der Waals surface area contributed by atoms with E-state index in [0.717, 1.165) is 29.4 Å². The molecule has 0 unspecified atom stereocenters. The number of nitrogens with zero attached hydrogens (tertiary/aromatic N) is 4. The lowest BCUT2D eigenvalue weighted by molar-refractivity contribution is 0.297. The molecule has 1 aliphatic heterocycles. The van der Waals surface area contributed by atoms with Crippen molar-refractivity contribution in [2.45, 2.75) is 12.8 Å². The van der Waals surface area contributed by atoms with Crippen molar-refractivity contribution < 1.29 is 9.47 Å². The molecule has 8 nitrogen and oxygen atoms in total. The zero-order chi connectivity index (χ0) is 16.1. The highest BCUT2D eigenvalue weighted by molar-refractivity contribution is 5.92. The van der Waals surface area contributed by atoms with Gasteiger partial charge in [0.25, 0.3) is 0 Å². The average Bonchev–Trinajstić information content (AvgIpc) is 2.81. The van der Waals surface area contributed by atoms with Gasteiger partial charge in [0.05, 0.1) is 13.2 Å². The maximum atomic E-state index is 5.90. The van der Waals surface area contributed by atoms with E-state index in [1.807, 2.05) is 25.2 Å². The number of aromatic nitrogens is 3. The highest BCUT2D eigenvalue weighted by atomic mass is 16.5. The van der Waals surface area contributed by atoms with Crippen LogP contribution in [0.25, 0.3) is 0 Å². The van der Waals surface area contributed by atoms with Crippen LogP contribution >= 0.6 is 0 Å². The number of fused-ring (bicyclic) bond motifs is 1. The smallest absolute Gasteiger partial charge is 0.193 e. The van der Waals surface area contributed by atoms with E-state index < -0.39 is 0 Å². The lowest BCUT2D eigenvalue weighted by Gasteiger charge is -2.10. The van der Waals surface area contributed by atoms with Gasteiger partial charge in [-0.2, -0.15) is 5.10 Å². The molecule has 1 aromatic heterocycles. The zero-order valence-corrected chi connectivity index (χ0v) is 13.0. The molecular formula is C15H20N6O2. The molecule has 0 saturated carbocycles. The summed E-state index contributed by atoms with van der Waals surface area (Å²) in [7, 11) is 1.83. The van der Waals surface area contributed by atoms with Gasteiger partial charge in [-0.15, -0.1) is 0 Å². The van der Waals surface area contributed by atoms with E-state index in [9.17, 15) is 0 Å². The van der Waals surface area contributed by atoms with E-state index in [1.54, 1.807) is 11.0 Å². The van der Waals surface area contributed by atoms with Crippen LogP contribution in [0.5, 0.6) is 11.5 Å². The largest absolute Gasteiger partial charge is 0.490 e. The summed E-state index contributed by atoms with van der Waals surface area (Å²) in [5, 5.41) is 7.24. The lowest BCUT2D eigenvalue weighted by atomic mass is 10.3. The van der Waals surface area contributed by atoms with E-state index in [0.29, 0.717) is 32.1 Å². The predicted octanol–water partition coefficient (Wildman–Crippen LogP) is 0.946. The molecule has 0 saturated heterocycles. The quantitative estimate of drug-likeness (QED) is 0.643. The van der Waals surface area contributed by atoms with Crippen LogP contribution in [0.1, 0.15) is 12.2 Å². The van der Waals surface area contributed by atoms with E-state index in [2.05, 4.69) is 20.4 Å². The van der Waals surface area contributed by atoms with Gasteiger partial charge in [0.15, 0.2) is 23.3 Å². The summed E-state index contributed by atoms with van der Waals surface area (Å²) in [6, 6.07) is 5.62. The van der Waals surface area contributed by atoms with Crippen LogP contribution in [0.4, 0.5) is 5.69 Å². The summed E-state index contributed by atoms with van der Waals surface area (Å²) in [6.07, 6.45) is 3.19. The molecule has 1 aromatic carbocycles. The van der Waals surface area contributed by atoms with Crippen LogP contribution < -0.4 is 20.5 Å². The maximum Gasteiger partial charge on any atom is 0.193 e. The first-order valence-corrected chi connectivity index (χ1v) is 7.52. The highest BCUT2D eigenvalue weighted by Crippen LogP contribution is 2.32. The molecule has 1 aliphatic rings. The van der Waals surface area contributed by atoms with Gasteiger partial charge in [-0.3, -0.25) is 9.67 Å². The number of nitrogens with two attached hydrogens (primary N) is 1. The molecule has 0 spiro atoms. The van der Waals surface area contributed by atoms with Crippen molar-refractivity contribution in [2.75, 3.05) is 25.1 Å². The molecule has 0 bridgehead atoms. The number of hydrogen-bond acceptors (Lipinski definition) is 5. The molecule has 23 heavy (non-hydrogen) atoms. The van der Waals surface area contributed by atoms with Gasteiger partial charge in [-0.1, -0.05) is 0 Å². The maximum absolute atomic E-state index is 5.90. The normalized spacial score (nSPS) is 14.4. The Hall–Kier alpha value is -2.77. The molecule has 0 amide bonds. The summed E-state index contributed by atoms with van der Waals surface area (Å²) in [6.45, 7) is 1.84. The van der Waals surface area contributed by atoms with Crippen LogP contribution in [-0.2, 0) is 13.5 Å². The van der Waals surface area contributed by atoms with Crippen LogP contribution in [0, 0.1) is 0 Å². The van der Waals surface area contributed by atoms with Gasteiger partial charge in [0, 0.05) is 38.2 Å². The predicted molar refractivity (Wildman–Crippen MR) is 86.9 cm³/mol. The SMILES string of the molecule is Cn1cnc(CCN=C(N)Nc2ccc3c(c2)OCCCO3)n1. The number of anilines is 1. The topological polar surface area (TPSA) is 99.6 Å². The van der Waals surface area contributed by atoms with Crippen LogP contribution in [0.2, 0.25) is 0 Å². The second-order valence-corrected chi connectivity index (χ2v) is 5.19. The van der Waals surface area contributed by atoms with E-state index >= 15 is 0 Å². The van der Waals surface area contributed by atoms with Crippen molar-refractivity contribution in [1.82, 2.24) is 14.8 Å². The third-order valence-corrected chi connectivity index (χ3v) is 3.28. The Morgan fingerprint density at radius 2 is 2.17 bits per heavy atom. The number of aliphatic imine (C=N–C) groups is 1. The molecule has 0 atom stereocenters. The lowest BCUT2D eigenvalue weighted by Crippen LogP contribution is -2.23. The van der Waals surface area contributed by atoms with Crippen molar-refractivity contribution in [3.05, 3.63) is 30.4 Å². The minimum Gasteiger partial charge on any atom is -0.490 e. The van der Waals surface area contributed by atoms with Crippen molar-refractivity contribution in [1.29, 1.82) is 0 Å². The molecule has 0 radical (unpaired) electrons. The second-order valence-electron chi connectivity index (χ2n) is 5.19. The summed E-state index contributed by atoms with van der Waals surface area (Å²) in [4.78, 5) is 8.42. The van der Waals surface area contributed by atoms with Gasteiger partial charge in [-0.05, 0) is 12.1 Å². The fraction of sp³-hybridized carbons (Fsp3) is 0.400. The minimum absolute atomic E-state index is 0.343. The fourth-order valence-corrected chi connectivity index (χ4v) is 2.20. The van der Waals surface area contributed by atoms with Gasteiger partial charge >= 0.3 is 0 Å². The Morgan fingerprint density at radius 3 is 2.96 bits per heavy atom. The average molecular weight is 316 g/mol. The van der Waals surface area contributed by atoms with Crippen LogP contribution in [-0.4, -0.2) is 40.5 Å². The Labute approximate surface area is 134 Å². The number of benzene rings is 1. The third-order valence-electron chi connectivity index (χ3n) is 3.28. The van der Waals surface area contributed by atoms with E-state index in [1.165, 1.54) is 0 Å². The molecule has 3 N–H and O–H groups in total. The Balaban J connectivity index is 1.57. The second kappa shape index (κ2) is 6.99. The first kappa shape index (κ1) is 15.1. The monoisotopic (exact) mass is 316 g/mol. The number of hydrogen-bond donors (Lipinski definition) is 2. The molecule has 8 heteroatoms. The standard InChI is InChI=1S/C15H20N6O2/c1-21-10-18-14(20-21)5-6-17-15(16)19-11-3-4-12-13(9-11)23-8-2-7-22-12/h3-4,9-10H,2,5-8H2,1H3,(H3,16,17,19). The van der Waals surface area contributed by atoms with Crippen molar-refractivity contribution in [3.63, 3.8) is 0 Å². The number of nitrogens with one attached hydrogen (secondary N) is 1. The summed E-state index contributed by atoms with van der Waals surface area (Å²) in [5.74, 6) is 2.57. The van der Waals surface area contributed by atoms with Crippen LogP contribution in [0.15, 0.2) is 29.5 Å². The highest BCUT2D eigenvalue weighted by Gasteiger charge is 2.10. The van der Waals surface area contributed by atoms with Gasteiger partial charge < -0.3 is 20.5 Å². The van der Waals surface area contributed by atoms with Crippen LogP contribution in [0.3, 0.4) is 0 Å². The number of ether oxygens (including phenoxy) is 2.